The molecule has 0 spiro atoms. The number of rotatable bonds is 5. The Labute approximate surface area is 132 Å². The van der Waals surface area contributed by atoms with Crippen LogP contribution in [-0.2, 0) is 6.54 Å². The van der Waals surface area contributed by atoms with Crippen LogP contribution in [0.4, 0.5) is 4.79 Å². The Balaban J connectivity index is 1.74. The van der Waals surface area contributed by atoms with Gasteiger partial charge in [0.15, 0.2) is 0 Å². The summed E-state index contributed by atoms with van der Waals surface area (Å²) in [6, 6.07) is 10.5. The molecular formula is C17H27N3O2. The molecule has 1 fully saturated rings. The maximum absolute atomic E-state index is 12.1. The predicted octanol–water partition coefficient (Wildman–Crippen LogP) is 1.67. The van der Waals surface area contributed by atoms with Crippen LogP contribution in [0.3, 0.4) is 0 Å². The minimum atomic E-state index is -0.154. The Bertz CT molecular complexity index is 458. The minimum Gasteiger partial charge on any atom is -0.394 e. The molecule has 0 saturated carbocycles. The van der Waals surface area contributed by atoms with Gasteiger partial charge in [0.1, 0.15) is 0 Å². The molecule has 2 rings (SSSR count). The summed E-state index contributed by atoms with van der Waals surface area (Å²) in [5, 5.41) is 12.2. The minimum absolute atomic E-state index is 0.0144. The molecule has 0 radical (unpaired) electrons. The number of hydrogen-bond acceptors (Lipinski definition) is 3. The number of carbonyl (C=O) groups excluding carboxylic acids is 1. The third-order valence-electron chi connectivity index (χ3n) is 4.41. The molecule has 1 aliphatic heterocycles. The molecule has 1 aromatic rings. The summed E-state index contributed by atoms with van der Waals surface area (Å²) in [5.74, 6) is 0. The van der Waals surface area contributed by atoms with Gasteiger partial charge in [0.25, 0.3) is 0 Å². The van der Waals surface area contributed by atoms with E-state index >= 15 is 0 Å². The molecular weight excluding hydrogens is 278 g/mol. The van der Waals surface area contributed by atoms with Crippen LogP contribution in [0.2, 0.25) is 0 Å². The first-order chi connectivity index (χ1) is 10.6. The van der Waals surface area contributed by atoms with E-state index in [1.165, 1.54) is 5.56 Å². The molecule has 1 atom stereocenters. The Morgan fingerprint density at radius 1 is 1.36 bits per heavy atom. The molecule has 2 amide bonds. The second-order valence-electron chi connectivity index (χ2n) is 6.13. The number of hydrogen-bond donors (Lipinski definition) is 2. The zero-order valence-electron chi connectivity index (χ0n) is 13.5. The van der Waals surface area contributed by atoms with Crippen molar-refractivity contribution in [1.82, 2.24) is 15.1 Å². The zero-order valence-corrected chi connectivity index (χ0v) is 13.5. The molecule has 5 heteroatoms. The van der Waals surface area contributed by atoms with Crippen LogP contribution in [0.1, 0.15) is 25.3 Å². The number of likely N-dealkylation sites (tertiary alicyclic amines) is 1. The molecule has 1 saturated heterocycles. The monoisotopic (exact) mass is 305 g/mol. The SMILES string of the molecule is CC(CO)N(C)C(=O)NC1CCN(Cc2ccccc2)CC1. The lowest BCUT2D eigenvalue weighted by Gasteiger charge is -2.34. The average Bonchev–Trinajstić information content (AvgIpc) is 2.56. The molecule has 1 aromatic carbocycles. The number of aliphatic hydroxyl groups is 1. The number of aliphatic hydroxyl groups excluding tert-OH is 1. The van der Waals surface area contributed by atoms with Crippen LogP contribution in [0.15, 0.2) is 30.3 Å². The number of nitrogens with one attached hydrogen (secondary N) is 1. The first-order valence-electron chi connectivity index (χ1n) is 8.00. The predicted molar refractivity (Wildman–Crippen MR) is 87.6 cm³/mol. The number of carbonyl (C=O) groups is 1. The highest BCUT2D eigenvalue weighted by Crippen LogP contribution is 2.14. The zero-order chi connectivity index (χ0) is 15.9. The van der Waals surface area contributed by atoms with E-state index in [4.69, 9.17) is 5.11 Å². The van der Waals surface area contributed by atoms with Crippen LogP contribution in [0.25, 0.3) is 0 Å². The van der Waals surface area contributed by atoms with E-state index in [1.54, 1.807) is 11.9 Å². The second kappa shape index (κ2) is 8.15. The second-order valence-corrected chi connectivity index (χ2v) is 6.13. The fraction of sp³-hybridized carbons (Fsp3) is 0.588. The standard InChI is InChI=1S/C17H27N3O2/c1-14(13-21)19(2)17(22)18-16-8-10-20(11-9-16)12-15-6-4-3-5-7-15/h3-7,14,16,21H,8-13H2,1-2H3,(H,18,22). The molecule has 1 aliphatic rings. The lowest BCUT2D eigenvalue weighted by molar-refractivity contribution is 0.145. The van der Waals surface area contributed by atoms with Crippen LogP contribution in [0, 0.1) is 0 Å². The van der Waals surface area contributed by atoms with E-state index in [0.29, 0.717) is 0 Å². The Hall–Kier alpha value is -1.59. The van der Waals surface area contributed by atoms with Gasteiger partial charge in [-0.3, -0.25) is 4.90 Å². The highest BCUT2D eigenvalue weighted by molar-refractivity contribution is 5.74. The van der Waals surface area contributed by atoms with Crippen LogP contribution >= 0.6 is 0 Å². The van der Waals surface area contributed by atoms with Crippen molar-refractivity contribution in [2.24, 2.45) is 0 Å². The summed E-state index contributed by atoms with van der Waals surface area (Å²) in [6.07, 6.45) is 1.94. The van der Waals surface area contributed by atoms with E-state index in [9.17, 15) is 4.79 Å². The Morgan fingerprint density at radius 3 is 2.59 bits per heavy atom. The Morgan fingerprint density at radius 2 is 2.00 bits per heavy atom. The maximum Gasteiger partial charge on any atom is 0.317 e. The van der Waals surface area contributed by atoms with Crippen molar-refractivity contribution in [3.63, 3.8) is 0 Å². The van der Waals surface area contributed by atoms with E-state index in [-0.39, 0.29) is 24.7 Å². The first-order valence-corrected chi connectivity index (χ1v) is 8.00. The number of amides is 2. The largest absolute Gasteiger partial charge is 0.394 e. The van der Waals surface area contributed by atoms with Gasteiger partial charge in [-0.1, -0.05) is 30.3 Å². The smallest absolute Gasteiger partial charge is 0.317 e. The third-order valence-corrected chi connectivity index (χ3v) is 4.41. The highest BCUT2D eigenvalue weighted by Gasteiger charge is 2.23. The summed E-state index contributed by atoms with van der Waals surface area (Å²) >= 11 is 0. The molecule has 0 aliphatic carbocycles. The molecule has 2 N–H and O–H groups in total. The highest BCUT2D eigenvalue weighted by atomic mass is 16.3. The normalized spacial score (nSPS) is 18.0. The van der Waals surface area contributed by atoms with Crippen LogP contribution in [-0.4, -0.2) is 59.8 Å². The van der Waals surface area contributed by atoms with Gasteiger partial charge in [-0.05, 0) is 25.3 Å². The Kier molecular flexibility index (Phi) is 6.21. The van der Waals surface area contributed by atoms with Gasteiger partial charge in [-0.15, -0.1) is 0 Å². The van der Waals surface area contributed by atoms with E-state index < -0.39 is 0 Å². The van der Waals surface area contributed by atoms with E-state index in [2.05, 4.69) is 34.5 Å². The quantitative estimate of drug-likeness (QED) is 0.870. The summed E-state index contributed by atoms with van der Waals surface area (Å²) in [5.41, 5.74) is 1.33. The van der Waals surface area contributed by atoms with Gasteiger partial charge in [0, 0.05) is 32.7 Å². The summed E-state index contributed by atoms with van der Waals surface area (Å²) < 4.78 is 0. The summed E-state index contributed by atoms with van der Waals surface area (Å²) in [7, 11) is 1.72. The fourth-order valence-electron chi connectivity index (χ4n) is 2.68. The van der Waals surface area contributed by atoms with Gasteiger partial charge >= 0.3 is 6.03 Å². The fourth-order valence-corrected chi connectivity index (χ4v) is 2.68. The lowest BCUT2D eigenvalue weighted by atomic mass is 10.0. The average molecular weight is 305 g/mol. The van der Waals surface area contributed by atoms with Crippen molar-refractivity contribution in [1.29, 1.82) is 0 Å². The lowest BCUT2D eigenvalue weighted by Crippen LogP contribution is -2.50. The molecule has 22 heavy (non-hydrogen) atoms. The molecule has 5 nitrogen and oxygen atoms in total. The number of piperidine rings is 1. The molecule has 1 unspecified atom stereocenters. The summed E-state index contributed by atoms with van der Waals surface area (Å²) in [6.45, 7) is 4.79. The van der Waals surface area contributed by atoms with Crippen LogP contribution in [0.5, 0.6) is 0 Å². The number of nitrogens with zero attached hydrogens (tertiary/aromatic N) is 2. The number of likely N-dealkylation sites (N-methyl/N-ethyl adjacent to an activating group) is 1. The molecule has 0 bridgehead atoms. The van der Waals surface area contributed by atoms with Gasteiger partial charge in [0.05, 0.1) is 12.6 Å². The molecule has 1 heterocycles. The number of urea groups is 1. The third kappa shape index (κ3) is 4.71. The van der Waals surface area contributed by atoms with Crippen molar-refractivity contribution in [3.05, 3.63) is 35.9 Å². The topological polar surface area (TPSA) is 55.8 Å². The summed E-state index contributed by atoms with van der Waals surface area (Å²) in [4.78, 5) is 16.1. The van der Waals surface area contributed by atoms with Gasteiger partial charge in [-0.2, -0.15) is 0 Å². The van der Waals surface area contributed by atoms with Crippen molar-refractivity contribution < 1.29 is 9.90 Å². The van der Waals surface area contributed by atoms with E-state index in [0.717, 1.165) is 32.5 Å². The van der Waals surface area contributed by atoms with Crippen molar-refractivity contribution in [3.8, 4) is 0 Å². The number of benzene rings is 1. The maximum atomic E-state index is 12.1. The van der Waals surface area contributed by atoms with Crippen LogP contribution < -0.4 is 5.32 Å². The van der Waals surface area contributed by atoms with Crippen molar-refractivity contribution >= 4 is 6.03 Å². The molecule has 122 valence electrons. The van der Waals surface area contributed by atoms with Crippen molar-refractivity contribution in [2.75, 3.05) is 26.7 Å². The van der Waals surface area contributed by atoms with Crippen molar-refractivity contribution in [2.45, 2.75) is 38.4 Å². The van der Waals surface area contributed by atoms with Gasteiger partial charge in [0.2, 0.25) is 0 Å². The van der Waals surface area contributed by atoms with Gasteiger partial charge < -0.3 is 15.3 Å². The first kappa shape index (κ1) is 16.8. The van der Waals surface area contributed by atoms with Gasteiger partial charge in [-0.25, -0.2) is 4.79 Å². The molecule has 0 aromatic heterocycles. The van der Waals surface area contributed by atoms with E-state index in [1.807, 2.05) is 13.0 Å².